The fraction of sp³-hybridized carbons (Fsp3) is 0.360. The number of hydrogen-bond acceptors (Lipinski definition) is 5. The minimum Gasteiger partial charge on any atom is -0.368 e. The molecule has 8 nitrogen and oxygen atoms in total. The first-order chi connectivity index (χ1) is 16.2. The lowest BCUT2D eigenvalue weighted by atomic mass is 9.94. The Hall–Kier alpha value is -3.68. The summed E-state index contributed by atoms with van der Waals surface area (Å²) in [5.74, 6) is 0.153. The number of para-hydroxylation sites is 1. The molecule has 0 saturated carbocycles. The molecule has 1 N–H and O–H groups in total. The second-order valence-electron chi connectivity index (χ2n) is 8.62. The first-order valence-electron chi connectivity index (χ1n) is 11.5. The Kier molecular flexibility index (Phi) is 6.06. The topological polar surface area (TPSA) is 85.4 Å². The van der Waals surface area contributed by atoms with Gasteiger partial charge in [0.15, 0.2) is 0 Å². The van der Waals surface area contributed by atoms with E-state index in [2.05, 4.69) is 32.2 Å². The molecule has 0 radical (unpaired) electrons. The number of benzene rings is 1. The number of hydrogen-bond donors (Lipinski definition) is 1. The van der Waals surface area contributed by atoms with Gasteiger partial charge in [-0.2, -0.15) is 5.10 Å². The van der Waals surface area contributed by atoms with Gasteiger partial charge in [-0.25, -0.2) is 0 Å². The summed E-state index contributed by atoms with van der Waals surface area (Å²) >= 11 is 0. The lowest BCUT2D eigenvalue weighted by molar-refractivity contribution is -0.137. The number of carbonyl (C=O) groups is 2. The summed E-state index contributed by atoms with van der Waals surface area (Å²) in [7, 11) is 0. The zero-order chi connectivity index (χ0) is 22.6. The average molecular weight is 445 g/mol. The van der Waals surface area contributed by atoms with Crippen LogP contribution in [0.3, 0.4) is 0 Å². The lowest BCUT2D eigenvalue weighted by Crippen LogP contribution is -2.52. The first kappa shape index (κ1) is 21.2. The van der Waals surface area contributed by atoms with Gasteiger partial charge in [0, 0.05) is 68.8 Å². The number of piperidine rings is 1. The van der Waals surface area contributed by atoms with Crippen molar-refractivity contribution in [2.75, 3.05) is 44.2 Å². The Labute approximate surface area is 193 Å². The summed E-state index contributed by atoms with van der Waals surface area (Å²) < 4.78 is 0. The fourth-order valence-corrected chi connectivity index (χ4v) is 4.68. The van der Waals surface area contributed by atoms with Crippen molar-refractivity contribution in [1.82, 2.24) is 25.0 Å². The predicted octanol–water partition coefficient (Wildman–Crippen LogP) is 2.67. The highest BCUT2D eigenvalue weighted by Gasteiger charge is 2.32. The van der Waals surface area contributed by atoms with Crippen LogP contribution in [0.4, 0.5) is 5.69 Å². The largest absolute Gasteiger partial charge is 0.368 e. The van der Waals surface area contributed by atoms with Crippen LogP contribution in [0.1, 0.15) is 23.3 Å². The molecule has 2 saturated heterocycles. The molecule has 2 aromatic heterocycles. The normalized spacial score (nSPS) is 17.3. The molecule has 2 amide bonds. The number of likely N-dealkylation sites (tertiary alicyclic amines) is 1. The van der Waals surface area contributed by atoms with Gasteiger partial charge in [-0.3, -0.25) is 19.7 Å². The van der Waals surface area contributed by atoms with Crippen LogP contribution in [0.15, 0.2) is 60.9 Å². The van der Waals surface area contributed by atoms with Gasteiger partial charge in [-0.1, -0.05) is 18.2 Å². The Morgan fingerprint density at radius 1 is 0.879 bits per heavy atom. The molecule has 1 aromatic carbocycles. The van der Waals surface area contributed by atoms with Gasteiger partial charge in [0.05, 0.1) is 5.69 Å². The second kappa shape index (κ2) is 9.44. The second-order valence-corrected chi connectivity index (χ2v) is 8.62. The number of H-pyrrole nitrogens is 1. The molecule has 33 heavy (non-hydrogen) atoms. The molecule has 4 heterocycles. The van der Waals surface area contributed by atoms with Crippen LogP contribution >= 0.6 is 0 Å². The minimum atomic E-state index is -0.0694. The maximum atomic E-state index is 13.1. The molecule has 8 heteroatoms. The molecule has 3 aromatic rings. The third kappa shape index (κ3) is 4.60. The zero-order valence-electron chi connectivity index (χ0n) is 18.6. The van der Waals surface area contributed by atoms with E-state index in [0.717, 1.165) is 31.7 Å². The van der Waals surface area contributed by atoms with Gasteiger partial charge in [0.25, 0.3) is 5.91 Å². The van der Waals surface area contributed by atoms with E-state index in [9.17, 15) is 9.59 Å². The van der Waals surface area contributed by atoms with Gasteiger partial charge < -0.3 is 14.7 Å². The summed E-state index contributed by atoms with van der Waals surface area (Å²) in [4.78, 5) is 36.3. The van der Waals surface area contributed by atoms with E-state index < -0.39 is 0 Å². The number of nitrogens with zero attached hydrogens (tertiary/aromatic N) is 5. The van der Waals surface area contributed by atoms with Gasteiger partial charge >= 0.3 is 0 Å². The van der Waals surface area contributed by atoms with Gasteiger partial charge in [0.2, 0.25) is 5.91 Å². The molecular formula is C25H28N6O2. The van der Waals surface area contributed by atoms with Crippen LogP contribution in [-0.4, -0.2) is 76.1 Å². The van der Waals surface area contributed by atoms with Crippen molar-refractivity contribution in [3.05, 3.63) is 66.6 Å². The number of pyridine rings is 1. The van der Waals surface area contributed by atoms with E-state index in [0.29, 0.717) is 37.3 Å². The Bertz CT molecular complexity index is 1080. The quantitative estimate of drug-likeness (QED) is 0.669. The van der Waals surface area contributed by atoms with E-state index in [-0.39, 0.29) is 17.7 Å². The highest BCUT2D eigenvalue weighted by Crippen LogP contribution is 2.24. The summed E-state index contributed by atoms with van der Waals surface area (Å²) in [5.41, 5.74) is 3.24. The molecular weight excluding hydrogens is 416 g/mol. The summed E-state index contributed by atoms with van der Waals surface area (Å²) in [6.07, 6.45) is 4.83. The van der Waals surface area contributed by atoms with Crippen LogP contribution in [0, 0.1) is 5.92 Å². The molecule has 5 rings (SSSR count). The number of amides is 2. The first-order valence-corrected chi connectivity index (χ1v) is 11.5. The summed E-state index contributed by atoms with van der Waals surface area (Å²) in [6.45, 7) is 4.37. The van der Waals surface area contributed by atoms with Gasteiger partial charge in [0.1, 0.15) is 5.69 Å². The molecule has 0 aliphatic carbocycles. The van der Waals surface area contributed by atoms with Crippen molar-refractivity contribution in [2.24, 2.45) is 5.92 Å². The van der Waals surface area contributed by atoms with E-state index in [1.54, 1.807) is 18.5 Å². The number of aromatic nitrogens is 3. The van der Waals surface area contributed by atoms with Crippen LogP contribution in [0.2, 0.25) is 0 Å². The fourth-order valence-electron chi connectivity index (χ4n) is 4.68. The van der Waals surface area contributed by atoms with Crippen LogP contribution < -0.4 is 4.90 Å². The number of aromatic amines is 1. The molecule has 2 aliphatic heterocycles. The molecule has 2 fully saturated rings. The molecule has 0 unspecified atom stereocenters. The predicted molar refractivity (Wildman–Crippen MR) is 126 cm³/mol. The SMILES string of the molecule is O=C(c1cc(-c2cccnc2)n[nH]1)N1CCC(C(=O)N2CCN(c3ccccc3)CC2)CC1. The van der Waals surface area contributed by atoms with Crippen LogP contribution in [0.5, 0.6) is 0 Å². The number of rotatable bonds is 4. The standard InChI is InChI=1S/C25H28N6O2/c32-24(31-15-13-29(14-16-31)21-6-2-1-3-7-21)19-8-11-30(12-9-19)25(33)23-17-22(27-28-23)20-5-4-10-26-18-20/h1-7,10,17-19H,8-9,11-16H2,(H,27,28). The summed E-state index contributed by atoms with van der Waals surface area (Å²) in [6, 6.07) is 15.9. The minimum absolute atomic E-state index is 0.00922. The van der Waals surface area contributed by atoms with Gasteiger partial charge in [-0.15, -0.1) is 0 Å². The van der Waals surface area contributed by atoms with Crippen molar-refractivity contribution in [3.8, 4) is 11.3 Å². The van der Waals surface area contributed by atoms with Crippen molar-refractivity contribution < 1.29 is 9.59 Å². The van der Waals surface area contributed by atoms with Crippen LogP contribution in [0.25, 0.3) is 11.3 Å². The maximum absolute atomic E-state index is 13.1. The highest BCUT2D eigenvalue weighted by molar-refractivity contribution is 5.93. The Morgan fingerprint density at radius 2 is 1.64 bits per heavy atom. The average Bonchev–Trinajstić information content (AvgIpc) is 3.40. The highest BCUT2D eigenvalue weighted by atomic mass is 16.2. The summed E-state index contributed by atoms with van der Waals surface area (Å²) in [5, 5.41) is 7.11. The monoisotopic (exact) mass is 444 g/mol. The molecule has 2 aliphatic rings. The third-order valence-electron chi connectivity index (χ3n) is 6.61. The Balaban J connectivity index is 1.13. The maximum Gasteiger partial charge on any atom is 0.271 e. The van der Waals surface area contributed by atoms with E-state index in [1.807, 2.05) is 40.1 Å². The molecule has 0 atom stereocenters. The van der Waals surface area contributed by atoms with Crippen LogP contribution in [-0.2, 0) is 4.79 Å². The molecule has 0 spiro atoms. The Morgan fingerprint density at radius 3 is 2.33 bits per heavy atom. The van der Waals surface area contributed by atoms with E-state index >= 15 is 0 Å². The molecule has 0 bridgehead atoms. The van der Waals surface area contributed by atoms with Crippen molar-refractivity contribution in [2.45, 2.75) is 12.8 Å². The number of anilines is 1. The number of carbonyl (C=O) groups excluding carboxylic acids is 2. The van der Waals surface area contributed by atoms with E-state index in [1.165, 1.54) is 5.69 Å². The number of piperazine rings is 1. The van der Waals surface area contributed by atoms with Gasteiger partial charge in [-0.05, 0) is 43.2 Å². The van der Waals surface area contributed by atoms with Crippen molar-refractivity contribution in [1.29, 1.82) is 0 Å². The zero-order valence-corrected chi connectivity index (χ0v) is 18.6. The third-order valence-corrected chi connectivity index (χ3v) is 6.61. The number of nitrogens with one attached hydrogen (secondary N) is 1. The smallest absolute Gasteiger partial charge is 0.271 e. The van der Waals surface area contributed by atoms with Crippen molar-refractivity contribution in [3.63, 3.8) is 0 Å². The van der Waals surface area contributed by atoms with E-state index in [4.69, 9.17) is 0 Å². The van der Waals surface area contributed by atoms with Crippen molar-refractivity contribution >= 4 is 17.5 Å². The lowest BCUT2D eigenvalue weighted by Gasteiger charge is -2.39. The molecule has 170 valence electrons.